The molecule has 0 aliphatic heterocycles. The van der Waals surface area contributed by atoms with E-state index in [1.807, 2.05) is 0 Å². The van der Waals surface area contributed by atoms with Crippen LogP contribution in [0, 0.1) is 18.2 Å². The van der Waals surface area contributed by atoms with Gasteiger partial charge in [-0.15, -0.1) is 6.42 Å². The number of primary amides is 1. The second-order valence-electron chi connectivity index (χ2n) is 2.98. The predicted molar refractivity (Wildman–Crippen MR) is 55.5 cm³/mol. The summed E-state index contributed by atoms with van der Waals surface area (Å²) in [5.41, 5.74) is 5.74. The van der Waals surface area contributed by atoms with Crippen LogP contribution in [0.25, 0.3) is 0 Å². The Balaban J connectivity index is 2.82. The highest BCUT2D eigenvalue weighted by Gasteiger charge is 2.06. The number of benzene rings is 1. The second-order valence-corrected chi connectivity index (χ2v) is 2.98. The van der Waals surface area contributed by atoms with Gasteiger partial charge in [-0.05, 0) is 18.2 Å². The van der Waals surface area contributed by atoms with Crippen LogP contribution in [0.1, 0.15) is 15.9 Å². The monoisotopic (exact) mass is 206 g/mol. The van der Waals surface area contributed by atoms with E-state index in [-0.39, 0.29) is 17.9 Å². The third-order valence-corrected chi connectivity index (χ3v) is 1.87. The van der Waals surface area contributed by atoms with Gasteiger partial charge >= 0.3 is 0 Å². The molecule has 0 spiro atoms. The van der Waals surface area contributed by atoms with E-state index >= 15 is 0 Å². The molecule has 0 atom stereocenters. The second kappa shape index (κ2) is 5.13. The molecular weight excluding hydrogens is 195 g/mol. The molecule has 1 aromatic rings. The summed E-state index contributed by atoms with van der Waals surface area (Å²) < 4.78 is 13.2. The first-order chi connectivity index (χ1) is 7.15. The van der Waals surface area contributed by atoms with Crippen LogP contribution in [0.5, 0.6) is 0 Å². The van der Waals surface area contributed by atoms with E-state index in [9.17, 15) is 9.18 Å². The lowest BCUT2D eigenvalue weighted by atomic mass is 10.1. The quantitative estimate of drug-likeness (QED) is 0.561. The third kappa shape index (κ3) is 3.08. The highest BCUT2D eigenvalue weighted by atomic mass is 19.1. The highest BCUT2D eigenvalue weighted by Crippen LogP contribution is 2.09. The normalized spacial score (nSPS) is 9.60. The van der Waals surface area contributed by atoms with Gasteiger partial charge in [0.15, 0.2) is 0 Å². The molecule has 15 heavy (non-hydrogen) atoms. The van der Waals surface area contributed by atoms with E-state index in [2.05, 4.69) is 11.2 Å². The number of carbonyl (C=O) groups is 1. The van der Waals surface area contributed by atoms with Crippen molar-refractivity contribution in [1.82, 2.24) is 5.32 Å². The molecule has 1 rings (SSSR count). The van der Waals surface area contributed by atoms with Crippen LogP contribution < -0.4 is 11.1 Å². The molecule has 0 aliphatic rings. The van der Waals surface area contributed by atoms with Crippen molar-refractivity contribution < 1.29 is 9.18 Å². The number of carbonyl (C=O) groups excluding carboxylic acids is 1. The fourth-order valence-corrected chi connectivity index (χ4v) is 1.13. The summed E-state index contributed by atoms with van der Waals surface area (Å²) in [7, 11) is 0. The summed E-state index contributed by atoms with van der Waals surface area (Å²) in [6, 6.07) is 3.98. The fraction of sp³-hybridized carbons (Fsp3) is 0.182. The summed E-state index contributed by atoms with van der Waals surface area (Å²) in [6.07, 6.45) is 5.03. The molecule has 0 heterocycles. The lowest BCUT2D eigenvalue weighted by molar-refractivity contribution is 0.1000. The van der Waals surface area contributed by atoms with Crippen molar-refractivity contribution in [3.05, 3.63) is 35.1 Å². The number of rotatable bonds is 4. The van der Waals surface area contributed by atoms with E-state index in [0.29, 0.717) is 12.1 Å². The van der Waals surface area contributed by atoms with Gasteiger partial charge in [-0.3, -0.25) is 4.79 Å². The highest BCUT2D eigenvalue weighted by molar-refractivity contribution is 5.92. The van der Waals surface area contributed by atoms with E-state index in [4.69, 9.17) is 12.2 Å². The largest absolute Gasteiger partial charge is 0.366 e. The minimum atomic E-state index is -0.576. The predicted octanol–water partition coefficient (Wildman–Crippen LogP) is 0.647. The summed E-state index contributed by atoms with van der Waals surface area (Å²) in [5, 5.41) is 2.83. The average Bonchev–Trinajstić information content (AvgIpc) is 2.20. The Bertz CT molecular complexity index is 410. The van der Waals surface area contributed by atoms with E-state index in [0.717, 1.165) is 0 Å². The minimum absolute atomic E-state index is 0.275. The zero-order chi connectivity index (χ0) is 11.3. The van der Waals surface area contributed by atoms with Gasteiger partial charge < -0.3 is 11.1 Å². The van der Waals surface area contributed by atoms with Crippen LogP contribution in [0.3, 0.4) is 0 Å². The van der Waals surface area contributed by atoms with Gasteiger partial charge in [0, 0.05) is 17.7 Å². The van der Waals surface area contributed by atoms with Gasteiger partial charge in [-0.1, -0.05) is 5.92 Å². The summed E-state index contributed by atoms with van der Waals surface area (Å²) in [4.78, 5) is 10.8. The molecule has 0 aliphatic carbocycles. The van der Waals surface area contributed by atoms with Crippen LogP contribution in [-0.2, 0) is 6.54 Å². The molecule has 0 bridgehead atoms. The zero-order valence-electron chi connectivity index (χ0n) is 8.09. The number of hydrogen-bond acceptors (Lipinski definition) is 2. The standard InChI is InChI=1S/C11H11FN2O/c1-2-5-14-7-9-6-8(11(13)15)3-4-10(9)12/h1,3-4,6,14H,5,7H2,(H2,13,15). The first kappa shape index (κ1) is 11.2. The Morgan fingerprint density at radius 2 is 2.33 bits per heavy atom. The Morgan fingerprint density at radius 3 is 2.93 bits per heavy atom. The summed E-state index contributed by atoms with van der Waals surface area (Å²) in [6.45, 7) is 0.622. The Kier molecular flexibility index (Phi) is 3.83. The maximum absolute atomic E-state index is 13.2. The SMILES string of the molecule is C#CCNCc1cc(C(N)=O)ccc1F. The molecule has 0 saturated heterocycles. The molecule has 1 amide bonds. The number of nitrogens with two attached hydrogens (primary N) is 1. The molecule has 0 unspecified atom stereocenters. The molecule has 0 radical (unpaired) electrons. The Labute approximate surface area is 87.5 Å². The number of amides is 1. The molecule has 3 N–H and O–H groups in total. The molecule has 0 saturated carbocycles. The minimum Gasteiger partial charge on any atom is -0.366 e. The molecule has 3 nitrogen and oxygen atoms in total. The first-order valence-electron chi connectivity index (χ1n) is 4.37. The summed E-state index contributed by atoms with van der Waals surface area (Å²) in [5.74, 6) is 1.41. The molecular formula is C11H11FN2O. The van der Waals surface area contributed by atoms with Crippen LogP contribution in [0.15, 0.2) is 18.2 Å². The number of halogens is 1. The van der Waals surface area contributed by atoms with Gasteiger partial charge in [-0.2, -0.15) is 0 Å². The van der Waals surface area contributed by atoms with Gasteiger partial charge in [-0.25, -0.2) is 4.39 Å². The molecule has 1 aromatic carbocycles. The zero-order valence-corrected chi connectivity index (χ0v) is 8.09. The van der Waals surface area contributed by atoms with Gasteiger partial charge in [0.1, 0.15) is 5.82 Å². The number of terminal acetylenes is 1. The van der Waals surface area contributed by atoms with E-state index in [1.54, 1.807) is 0 Å². The van der Waals surface area contributed by atoms with E-state index in [1.165, 1.54) is 18.2 Å². The van der Waals surface area contributed by atoms with Crippen molar-refractivity contribution in [3.8, 4) is 12.3 Å². The van der Waals surface area contributed by atoms with Crippen LogP contribution >= 0.6 is 0 Å². The van der Waals surface area contributed by atoms with Crippen molar-refractivity contribution in [1.29, 1.82) is 0 Å². The maximum Gasteiger partial charge on any atom is 0.248 e. The van der Waals surface area contributed by atoms with Gasteiger partial charge in [0.05, 0.1) is 6.54 Å². The van der Waals surface area contributed by atoms with Crippen molar-refractivity contribution in [2.24, 2.45) is 5.73 Å². The smallest absolute Gasteiger partial charge is 0.248 e. The van der Waals surface area contributed by atoms with Crippen molar-refractivity contribution in [2.45, 2.75) is 6.54 Å². The van der Waals surface area contributed by atoms with Crippen LogP contribution in [0.4, 0.5) is 4.39 Å². The van der Waals surface area contributed by atoms with E-state index < -0.39 is 5.91 Å². The maximum atomic E-state index is 13.2. The third-order valence-electron chi connectivity index (χ3n) is 1.87. The van der Waals surface area contributed by atoms with Crippen molar-refractivity contribution >= 4 is 5.91 Å². The van der Waals surface area contributed by atoms with Gasteiger partial charge in [0.2, 0.25) is 5.91 Å². The number of hydrogen-bond donors (Lipinski definition) is 2. The van der Waals surface area contributed by atoms with Crippen LogP contribution in [-0.4, -0.2) is 12.5 Å². The Hall–Kier alpha value is -1.86. The van der Waals surface area contributed by atoms with Gasteiger partial charge in [0.25, 0.3) is 0 Å². The molecule has 78 valence electrons. The van der Waals surface area contributed by atoms with Crippen molar-refractivity contribution in [3.63, 3.8) is 0 Å². The molecule has 0 aromatic heterocycles. The molecule has 4 heteroatoms. The molecule has 0 fully saturated rings. The lowest BCUT2D eigenvalue weighted by Crippen LogP contribution is -2.16. The Morgan fingerprint density at radius 1 is 1.60 bits per heavy atom. The van der Waals surface area contributed by atoms with Crippen LogP contribution in [0.2, 0.25) is 0 Å². The lowest BCUT2D eigenvalue weighted by Gasteiger charge is -2.04. The summed E-state index contributed by atoms with van der Waals surface area (Å²) >= 11 is 0. The fourth-order valence-electron chi connectivity index (χ4n) is 1.13. The number of nitrogens with one attached hydrogen (secondary N) is 1. The topological polar surface area (TPSA) is 55.1 Å². The van der Waals surface area contributed by atoms with Crippen molar-refractivity contribution in [2.75, 3.05) is 6.54 Å². The average molecular weight is 206 g/mol. The first-order valence-corrected chi connectivity index (χ1v) is 4.37.